The van der Waals surface area contributed by atoms with E-state index in [1.165, 1.54) is 0 Å². The van der Waals surface area contributed by atoms with E-state index in [0.29, 0.717) is 6.54 Å². The smallest absolute Gasteiger partial charge is 0.246 e. The maximum absolute atomic E-state index is 12.6. The van der Waals surface area contributed by atoms with E-state index in [2.05, 4.69) is 10.4 Å². The van der Waals surface area contributed by atoms with Gasteiger partial charge >= 0.3 is 0 Å². The molecule has 2 atom stereocenters. The molecule has 0 spiro atoms. The highest BCUT2D eigenvalue weighted by atomic mass is 16.2. The SMILES string of the molecule is CC1C(=O)NC(C(C)(C)C)C(=O)N1Cc1cnn(C)c1. The maximum Gasteiger partial charge on any atom is 0.246 e. The number of aromatic nitrogens is 2. The highest BCUT2D eigenvalue weighted by Gasteiger charge is 2.43. The van der Waals surface area contributed by atoms with Crippen molar-refractivity contribution in [3.8, 4) is 0 Å². The van der Waals surface area contributed by atoms with Crippen LogP contribution in [0.25, 0.3) is 0 Å². The molecular weight excluding hydrogens is 256 g/mol. The highest BCUT2D eigenvalue weighted by molar-refractivity contribution is 5.97. The minimum atomic E-state index is -0.483. The van der Waals surface area contributed by atoms with Crippen LogP contribution in [0.3, 0.4) is 0 Å². The average molecular weight is 278 g/mol. The van der Waals surface area contributed by atoms with Crippen LogP contribution in [0.5, 0.6) is 0 Å². The molecule has 110 valence electrons. The summed E-state index contributed by atoms with van der Waals surface area (Å²) in [5.74, 6) is -0.137. The average Bonchev–Trinajstić information content (AvgIpc) is 2.73. The molecule has 1 aliphatic rings. The van der Waals surface area contributed by atoms with Crippen LogP contribution in [0.15, 0.2) is 12.4 Å². The number of nitrogens with zero attached hydrogens (tertiary/aromatic N) is 3. The van der Waals surface area contributed by atoms with Gasteiger partial charge in [-0.3, -0.25) is 14.3 Å². The quantitative estimate of drug-likeness (QED) is 0.865. The van der Waals surface area contributed by atoms with Gasteiger partial charge < -0.3 is 10.2 Å². The highest BCUT2D eigenvalue weighted by Crippen LogP contribution is 2.26. The molecule has 6 heteroatoms. The van der Waals surface area contributed by atoms with Crippen molar-refractivity contribution < 1.29 is 9.59 Å². The Hall–Kier alpha value is -1.85. The Morgan fingerprint density at radius 1 is 1.35 bits per heavy atom. The van der Waals surface area contributed by atoms with Crippen LogP contribution in [-0.2, 0) is 23.2 Å². The van der Waals surface area contributed by atoms with Gasteiger partial charge in [0.1, 0.15) is 12.1 Å². The van der Waals surface area contributed by atoms with E-state index in [4.69, 9.17) is 0 Å². The van der Waals surface area contributed by atoms with Gasteiger partial charge in [-0.05, 0) is 12.3 Å². The molecule has 0 aliphatic carbocycles. The molecule has 0 bridgehead atoms. The Labute approximate surface area is 119 Å². The number of nitrogens with one attached hydrogen (secondary N) is 1. The van der Waals surface area contributed by atoms with Crippen LogP contribution >= 0.6 is 0 Å². The topological polar surface area (TPSA) is 67.2 Å². The summed E-state index contributed by atoms with van der Waals surface area (Å²) in [4.78, 5) is 26.3. The second kappa shape index (κ2) is 4.92. The normalized spacial score (nSPS) is 23.9. The van der Waals surface area contributed by atoms with Crippen molar-refractivity contribution in [2.75, 3.05) is 0 Å². The molecule has 0 radical (unpaired) electrons. The van der Waals surface area contributed by atoms with Gasteiger partial charge in [-0.2, -0.15) is 5.10 Å². The molecule has 2 rings (SSSR count). The largest absolute Gasteiger partial charge is 0.342 e. The number of hydrogen-bond acceptors (Lipinski definition) is 3. The fraction of sp³-hybridized carbons (Fsp3) is 0.643. The zero-order chi connectivity index (χ0) is 15.1. The van der Waals surface area contributed by atoms with Gasteiger partial charge in [0.2, 0.25) is 11.8 Å². The third-order valence-electron chi connectivity index (χ3n) is 3.64. The number of hydrogen-bond donors (Lipinski definition) is 1. The number of aryl methyl sites for hydroxylation is 1. The molecule has 1 saturated heterocycles. The van der Waals surface area contributed by atoms with E-state index < -0.39 is 12.1 Å². The summed E-state index contributed by atoms with van der Waals surface area (Å²) in [5, 5.41) is 6.92. The molecule has 1 fully saturated rings. The van der Waals surface area contributed by atoms with Crippen LogP contribution in [0.1, 0.15) is 33.3 Å². The predicted molar refractivity (Wildman–Crippen MR) is 74.6 cm³/mol. The summed E-state index contributed by atoms with van der Waals surface area (Å²) in [6.07, 6.45) is 3.58. The van der Waals surface area contributed by atoms with Crippen LogP contribution in [-0.4, -0.2) is 38.6 Å². The lowest BCUT2D eigenvalue weighted by Gasteiger charge is -2.42. The van der Waals surface area contributed by atoms with Crippen LogP contribution in [0.2, 0.25) is 0 Å². The summed E-state index contributed by atoms with van der Waals surface area (Å²) in [5.41, 5.74) is 0.620. The standard InChI is InChI=1S/C14H22N4O2/c1-9-12(19)16-11(14(2,3)4)13(20)18(9)8-10-6-15-17(5)7-10/h6-7,9,11H,8H2,1-5H3,(H,16,19). The van der Waals surface area contributed by atoms with Gasteiger partial charge in [0.25, 0.3) is 0 Å². The molecule has 2 unspecified atom stereocenters. The maximum atomic E-state index is 12.6. The Kier molecular flexibility index (Phi) is 3.58. The van der Waals surface area contributed by atoms with Gasteiger partial charge in [0, 0.05) is 25.4 Å². The molecular formula is C14H22N4O2. The zero-order valence-corrected chi connectivity index (χ0v) is 12.7. The minimum Gasteiger partial charge on any atom is -0.342 e. The van der Waals surface area contributed by atoms with Gasteiger partial charge in [0.15, 0.2) is 0 Å². The molecule has 1 aliphatic heterocycles. The first-order chi connectivity index (χ1) is 9.20. The third kappa shape index (κ3) is 2.69. The lowest BCUT2D eigenvalue weighted by Crippen LogP contribution is -2.65. The van der Waals surface area contributed by atoms with Crippen molar-refractivity contribution in [1.82, 2.24) is 20.0 Å². The first-order valence-corrected chi connectivity index (χ1v) is 6.78. The first kappa shape index (κ1) is 14.6. The molecule has 1 aromatic heterocycles. The van der Waals surface area contributed by atoms with Crippen molar-refractivity contribution in [2.24, 2.45) is 12.5 Å². The molecule has 0 aromatic carbocycles. The number of carbonyl (C=O) groups is 2. The fourth-order valence-corrected chi connectivity index (χ4v) is 2.37. The van der Waals surface area contributed by atoms with E-state index in [9.17, 15) is 9.59 Å². The van der Waals surface area contributed by atoms with Crippen LogP contribution in [0, 0.1) is 5.41 Å². The summed E-state index contributed by atoms with van der Waals surface area (Å²) in [7, 11) is 1.83. The van der Waals surface area contributed by atoms with E-state index >= 15 is 0 Å². The Bertz CT molecular complexity index is 530. The van der Waals surface area contributed by atoms with E-state index in [1.54, 1.807) is 22.7 Å². The Balaban J connectivity index is 2.24. The van der Waals surface area contributed by atoms with Gasteiger partial charge in [-0.15, -0.1) is 0 Å². The number of carbonyl (C=O) groups excluding carboxylic acids is 2. The molecule has 0 saturated carbocycles. The predicted octanol–water partition coefficient (Wildman–Crippen LogP) is 0.682. The van der Waals surface area contributed by atoms with Crippen molar-refractivity contribution in [2.45, 2.75) is 46.3 Å². The fourth-order valence-electron chi connectivity index (χ4n) is 2.37. The summed E-state index contributed by atoms with van der Waals surface area (Å²) in [6.45, 7) is 8.02. The van der Waals surface area contributed by atoms with Crippen molar-refractivity contribution in [3.05, 3.63) is 18.0 Å². The van der Waals surface area contributed by atoms with Crippen molar-refractivity contribution in [1.29, 1.82) is 0 Å². The van der Waals surface area contributed by atoms with Crippen LogP contribution < -0.4 is 5.32 Å². The Morgan fingerprint density at radius 2 is 2.00 bits per heavy atom. The lowest BCUT2D eigenvalue weighted by atomic mass is 9.84. The zero-order valence-electron chi connectivity index (χ0n) is 12.7. The minimum absolute atomic E-state index is 0.0338. The van der Waals surface area contributed by atoms with Gasteiger partial charge in [-0.1, -0.05) is 20.8 Å². The summed E-state index contributed by atoms with van der Waals surface area (Å²) >= 11 is 0. The summed E-state index contributed by atoms with van der Waals surface area (Å²) < 4.78 is 1.69. The first-order valence-electron chi connectivity index (χ1n) is 6.78. The molecule has 2 heterocycles. The number of piperazine rings is 1. The van der Waals surface area contributed by atoms with E-state index in [-0.39, 0.29) is 17.2 Å². The second-order valence-corrected chi connectivity index (χ2v) is 6.47. The molecule has 6 nitrogen and oxygen atoms in total. The molecule has 2 amide bonds. The Morgan fingerprint density at radius 3 is 2.50 bits per heavy atom. The number of rotatable bonds is 2. The number of amides is 2. The lowest BCUT2D eigenvalue weighted by molar-refractivity contribution is -0.152. The second-order valence-electron chi connectivity index (χ2n) is 6.47. The third-order valence-corrected chi connectivity index (χ3v) is 3.64. The molecule has 1 aromatic rings. The molecule has 20 heavy (non-hydrogen) atoms. The molecule has 1 N–H and O–H groups in total. The van der Waals surface area contributed by atoms with E-state index in [0.717, 1.165) is 5.56 Å². The van der Waals surface area contributed by atoms with Crippen molar-refractivity contribution >= 4 is 11.8 Å². The van der Waals surface area contributed by atoms with Gasteiger partial charge in [0.05, 0.1) is 6.20 Å². The monoisotopic (exact) mass is 278 g/mol. The van der Waals surface area contributed by atoms with Crippen molar-refractivity contribution in [3.63, 3.8) is 0 Å². The van der Waals surface area contributed by atoms with Crippen LogP contribution in [0.4, 0.5) is 0 Å². The van der Waals surface area contributed by atoms with E-state index in [1.807, 2.05) is 34.0 Å². The van der Waals surface area contributed by atoms with Gasteiger partial charge in [-0.25, -0.2) is 0 Å². The summed E-state index contributed by atoms with van der Waals surface area (Å²) in [6, 6.07) is -0.941.